The van der Waals surface area contributed by atoms with Crippen LogP contribution in [0, 0.1) is 0 Å². The molecule has 1 heterocycles. The molecule has 0 aromatic heterocycles. The second-order valence-corrected chi connectivity index (χ2v) is 5.71. The van der Waals surface area contributed by atoms with Crippen molar-refractivity contribution in [3.05, 3.63) is 29.8 Å². The fraction of sp³-hybridized carbons (Fsp3) is 0.500. The average Bonchev–Trinajstić information content (AvgIpc) is 2.47. The van der Waals surface area contributed by atoms with Crippen molar-refractivity contribution in [2.24, 2.45) is 0 Å². The van der Waals surface area contributed by atoms with Gasteiger partial charge in [-0.2, -0.15) is 0 Å². The highest BCUT2D eigenvalue weighted by Crippen LogP contribution is 2.24. The van der Waals surface area contributed by atoms with Crippen LogP contribution in [0.3, 0.4) is 0 Å². The number of carbonyl (C=O) groups excluding carboxylic acids is 1. The molecule has 1 amide bonds. The third-order valence-corrected chi connectivity index (χ3v) is 4.09. The number of hydrogen-bond acceptors (Lipinski definition) is 3. The minimum atomic E-state index is -0.900. The molecular weight excluding hydrogens is 268 g/mol. The fourth-order valence-electron chi connectivity index (χ4n) is 2.81. The third-order valence-electron chi connectivity index (χ3n) is 4.09. The molecule has 0 radical (unpaired) electrons. The van der Waals surface area contributed by atoms with E-state index in [0.29, 0.717) is 25.1 Å². The number of nitrogen functional groups attached to an aromatic ring is 1. The SMILES string of the molecule is CC(CC(=O)N1CCCCC1C(=O)O)c1ccc(N)cc1. The second-order valence-electron chi connectivity index (χ2n) is 5.71. The Morgan fingerprint density at radius 2 is 2.00 bits per heavy atom. The van der Waals surface area contributed by atoms with Gasteiger partial charge in [0.25, 0.3) is 0 Å². The van der Waals surface area contributed by atoms with Crippen LogP contribution in [0.4, 0.5) is 5.69 Å². The number of aliphatic carboxylic acids is 1. The van der Waals surface area contributed by atoms with Gasteiger partial charge in [-0.3, -0.25) is 4.79 Å². The Labute approximate surface area is 124 Å². The van der Waals surface area contributed by atoms with Gasteiger partial charge in [0.15, 0.2) is 0 Å². The summed E-state index contributed by atoms with van der Waals surface area (Å²) in [7, 11) is 0. The van der Waals surface area contributed by atoms with E-state index in [1.807, 2.05) is 31.2 Å². The second kappa shape index (κ2) is 6.61. The monoisotopic (exact) mass is 290 g/mol. The van der Waals surface area contributed by atoms with E-state index in [1.54, 1.807) is 0 Å². The number of likely N-dealkylation sites (tertiary alicyclic amines) is 1. The van der Waals surface area contributed by atoms with Crippen LogP contribution in [0.5, 0.6) is 0 Å². The average molecular weight is 290 g/mol. The van der Waals surface area contributed by atoms with Crippen LogP contribution < -0.4 is 5.73 Å². The largest absolute Gasteiger partial charge is 0.480 e. The number of amides is 1. The minimum absolute atomic E-state index is 0.0504. The van der Waals surface area contributed by atoms with Gasteiger partial charge in [-0.1, -0.05) is 19.1 Å². The summed E-state index contributed by atoms with van der Waals surface area (Å²) < 4.78 is 0. The van der Waals surface area contributed by atoms with E-state index in [1.165, 1.54) is 4.90 Å². The number of nitrogens with zero attached hydrogens (tertiary/aromatic N) is 1. The zero-order chi connectivity index (χ0) is 15.4. The van der Waals surface area contributed by atoms with Crippen LogP contribution in [0.15, 0.2) is 24.3 Å². The Morgan fingerprint density at radius 3 is 2.62 bits per heavy atom. The Hall–Kier alpha value is -2.04. The molecule has 2 unspecified atom stereocenters. The van der Waals surface area contributed by atoms with Gasteiger partial charge in [0.2, 0.25) is 5.91 Å². The van der Waals surface area contributed by atoms with Crippen molar-refractivity contribution in [1.29, 1.82) is 0 Å². The van der Waals surface area contributed by atoms with Crippen molar-refractivity contribution < 1.29 is 14.7 Å². The summed E-state index contributed by atoms with van der Waals surface area (Å²) in [5.74, 6) is -0.927. The first-order valence-corrected chi connectivity index (χ1v) is 7.36. The fourth-order valence-corrected chi connectivity index (χ4v) is 2.81. The summed E-state index contributed by atoms with van der Waals surface area (Å²) in [6.45, 7) is 2.52. The van der Waals surface area contributed by atoms with Gasteiger partial charge in [0, 0.05) is 18.7 Å². The number of hydrogen-bond donors (Lipinski definition) is 2. The number of carbonyl (C=O) groups is 2. The highest BCUT2D eigenvalue weighted by atomic mass is 16.4. The molecule has 0 aliphatic carbocycles. The van der Waals surface area contributed by atoms with Gasteiger partial charge in [-0.15, -0.1) is 0 Å². The predicted molar refractivity (Wildman–Crippen MR) is 80.9 cm³/mol. The number of anilines is 1. The quantitative estimate of drug-likeness (QED) is 0.833. The zero-order valence-corrected chi connectivity index (χ0v) is 12.3. The molecule has 1 aliphatic rings. The van der Waals surface area contributed by atoms with Gasteiger partial charge >= 0.3 is 5.97 Å². The van der Waals surface area contributed by atoms with E-state index in [0.717, 1.165) is 18.4 Å². The lowest BCUT2D eigenvalue weighted by atomic mass is 9.95. The van der Waals surface area contributed by atoms with Crippen LogP contribution >= 0.6 is 0 Å². The molecule has 5 nitrogen and oxygen atoms in total. The minimum Gasteiger partial charge on any atom is -0.480 e. The van der Waals surface area contributed by atoms with E-state index < -0.39 is 12.0 Å². The predicted octanol–water partition coefficient (Wildman–Crippen LogP) is 2.23. The lowest BCUT2D eigenvalue weighted by Crippen LogP contribution is -2.48. The van der Waals surface area contributed by atoms with Crippen LogP contribution in [0.25, 0.3) is 0 Å². The van der Waals surface area contributed by atoms with Gasteiger partial charge < -0.3 is 15.7 Å². The topological polar surface area (TPSA) is 83.6 Å². The molecule has 2 atom stereocenters. The summed E-state index contributed by atoms with van der Waals surface area (Å²) in [6.07, 6.45) is 2.63. The van der Waals surface area contributed by atoms with Crippen molar-refractivity contribution in [1.82, 2.24) is 4.90 Å². The van der Waals surface area contributed by atoms with E-state index >= 15 is 0 Å². The van der Waals surface area contributed by atoms with E-state index in [-0.39, 0.29) is 11.8 Å². The molecule has 3 N–H and O–H groups in total. The molecule has 5 heteroatoms. The lowest BCUT2D eigenvalue weighted by Gasteiger charge is -2.33. The number of piperidine rings is 1. The molecule has 1 aromatic carbocycles. The number of carboxylic acids is 1. The Bertz CT molecular complexity index is 513. The first-order valence-electron chi connectivity index (χ1n) is 7.36. The molecule has 1 saturated heterocycles. The molecule has 0 spiro atoms. The van der Waals surface area contributed by atoms with Crippen molar-refractivity contribution in [3.63, 3.8) is 0 Å². The maximum atomic E-state index is 12.4. The molecule has 1 fully saturated rings. The molecule has 1 aliphatic heterocycles. The number of nitrogens with two attached hydrogens (primary N) is 1. The first kappa shape index (κ1) is 15.4. The number of rotatable bonds is 4. The Morgan fingerprint density at radius 1 is 1.33 bits per heavy atom. The standard InChI is InChI=1S/C16H22N2O3/c1-11(12-5-7-13(17)8-6-12)10-15(19)18-9-3-2-4-14(18)16(20)21/h5-8,11,14H,2-4,9-10,17H2,1H3,(H,20,21). The first-order chi connectivity index (χ1) is 9.99. The van der Waals surface area contributed by atoms with Gasteiger partial charge in [0.1, 0.15) is 6.04 Å². The summed E-state index contributed by atoms with van der Waals surface area (Å²) in [5.41, 5.74) is 7.39. The molecule has 1 aromatic rings. The summed E-state index contributed by atoms with van der Waals surface area (Å²) in [5, 5.41) is 9.23. The molecule has 0 bridgehead atoms. The van der Waals surface area contributed by atoms with Gasteiger partial charge in [0.05, 0.1) is 0 Å². The van der Waals surface area contributed by atoms with Gasteiger partial charge in [-0.05, 0) is 42.9 Å². The third kappa shape index (κ3) is 3.74. The molecule has 0 saturated carbocycles. The van der Waals surface area contributed by atoms with Crippen LogP contribution in [-0.2, 0) is 9.59 Å². The van der Waals surface area contributed by atoms with Crippen LogP contribution in [-0.4, -0.2) is 34.5 Å². The van der Waals surface area contributed by atoms with Crippen LogP contribution in [0.2, 0.25) is 0 Å². The molecule has 2 rings (SSSR count). The maximum absolute atomic E-state index is 12.4. The van der Waals surface area contributed by atoms with E-state index in [9.17, 15) is 14.7 Å². The van der Waals surface area contributed by atoms with Crippen molar-refractivity contribution >= 4 is 17.6 Å². The normalized spacial score (nSPS) is 20.0. The van der Waals surface area contributed by atoms with Crippen molar-refractivity contribution in [2.45, 2.75) is 44.6 Å². The van der Waals surface area contributed by atoms with E-state index in [4.69, 9.17) is 5.73 Å². The lowest BCUT2D eigenvalue weighted by molar-refractivity contribution is -0.152. The van der Waals surface area contributed by atoms with Gasteiger partial charge in [-0.25, -0.2) is 4.79 Å². The highest BCUT2D eigenvalue weighted by molar-refractivity contribution is 5.84. The van der Waals surface area contributed by atoms with Crippen LogP contribution in [0.1, 0.15) is 44.1 Å². The molecular formula is C16H22N2O3. The van der Waals surface area contributed by atoms with Crippen molar-refractivity contribution in [3.8, 4) is 0 Å². The Balaban J connectivity index is 2.02. The molecule has 21 heavy (non-hydrogen) atoms. The van der Waals surface area contributed by atoms with Crippen molar-refractivity contribution in [2.75, 3.05) is 12.3 Å². The Kier molecular flexibility index (Phi) is 4.83. The molecule has 114 valence electrons. The highest BCUT2D eigenvalue weighted by Gasteiger charge is 2.32. The smallest absolute Gasteiger partial charge is 0.326 e. The number of benzene rings is 1. The summed E-state index contributed by atoms with van der Waals surface area (Å²) >= 11 is 0. The summed E-state index contributed by atoms with van der Waals surface area (Å²) in [6, 6.07) is 6.80. The number of carboxylic acid groups (broad SMARTS) is 1. The maximum Gasteiger partial charge on any atom is 0.326 e. The zero-order valence-electron chi connectivity index (χ0n) is 12.3. The summed E-state index contributed by atoms with van der Waals surface area (Å²) in [4.78, 5) is 25.2. The van der Waals surface area contributed by atoms with E-state index in [2.05, 4.69) is 0 Å².